The highest BCUT2D eigenvalue weighted by Gasteiger charge is 2.26. The number of hydrogen-bond donors (Lipinski definition) is 1. The first kappa shape index (κ1) is 25.3. The van der Waals surface area contributed by atoms with Crippen molar-refractivity contribution in [3.8, 4) is 11.1 Å². The van der Waals surface area contributed by atoms with Crippen molar-refractivity contribution < 1.29 is 9.18 Å². The number of halogens is 1. The fourth-order valence-electron chi connectivity index (χ4n) is 5.81. The van der Waals surface area contributed by atoms with Gasteiger partial charge < -0.3 is 15.1 Å². The van der Waals surface area contributed by atoms with Crippen molar-refractivity contribution in [1.29, 1.82) is 0 Å². The lowest BCUT2D eigenvalue weighted by molar-refractivity contribution is 0.0704. The minimum absolute atomic E-state index is 0.0672. The molecule has 0 atom stereocenters. The molecule has 0 radical (unpaired) electrons. The maximum absolute atomic E-state index is 13.3. The Morgan fingerprint density at radius 1 is 1.03 bits per heavy atom. The smallest absolute Gasteiger partial charge is 0.253 e. The highest BCUT2D eigenvalue weighted by Crippen LogP contribution is 2.33. The van der Waals surface area contributed by atoms with Gasteiger partial charge in [0, 0.05) is 55.3 Å². The SMILES string of the molecule is Cc1cc(-c2ccnnc2)cc2c(N3CCc4ccc(C(=O)N5CCC(NCCF)CC5)cc4C3)ncnc12. The normalized spacial score (nSPS) is 15.9. The summed E-state index contributed by atoms with van der Waals surface area (Å²) < 4.78 is 12.5. The predicted octanol–water partition coefficient (Wildman–Crippen LogP) is 4.12. The number of nitrogens with zero attached hydrogens (tertiary/aromatic N) is 6. The Hall–Kier alpha value is -3.98. The van der Waals surface area contributed by atoms with E-state index in [1.54, 1.807) is 18.7 Å². The highest BCUT2D eigenvalue weighted by molar-refractivity contribution is 5.96. The summed E-state index contributed by atoms with van der Waals surface area (Å²) in [6.45, 7) is 4.98. The van der Waals surface area contributed by atoms with Gasteiger partial charge >= 0.3 is 0 Å². The number of carbonyl (C=O) groups excluding carboxylic acids is 1. The highest BCUT2D eigenvalue weighted by atomic mass is 19.1. The van der Waals surface area contributed by atoms with Crippen LogP contribution in [0.1, 0.15) is 39.9 Å². The average molecular weight is 526 g/mol. The zero-order chi connectivity index (χ0) is 26.8. The summed E-state index contributed by atoms with van der Waals surface area (Å²) in [4.78, 5) is 26.9. The second-order valence-electron chi connectivity index (χ2n) is 10.4. The molecule has 6 rings (SSSR count). The van der Waals surface area contributed by atoms with Gasteiger partial charge in [-0.15, -0.1) is 0 Å². The lowest BCUT2D eigenvalue weighted by atomic mass is 9.95. The molecule has 0 bridgehead atoms. The quantitative estimate of drug-likeness (QED) is 0.405. The number of piperidine rings is 1. The molecule has 2 aromatic heterocycles. The zero-order valence-corrected chi connectivity index (χ0v) is 22.1. The van der Waals surface area contributed by atoms with Crippen LogP contribution in [0.5, 0.6) is 0 Å². The second kappa shape index (κ2) is 11.0. The monoisotopic (exact) mass is 525 g/mol. The van der Waals surface area contributed by atoms with E-state index in [0.717, 1.165) is 70.3 Å². The van der Waals surface area contributed by atoms with Crippen LogP contribution < -0.4 is 10.2 Å². The summed E-state index contributed by atoms with van der Waals surface area (Å²) in [6.07, 6.45) is 7.69. The first-order valence-electron chi connectivity index (χ1n) is 13.6. The number of likely N-dealkylation sites (tertiary alicyclic amines) is 1. The number of alkyl halides is 1. The van der Waals surface area contributed by atoms with Crippen molar-refractivity contribution in [3.05, 3.63) is 77.4 Å². The average Bonchev–Trinajstić information content (AvgIpc) is 2.99. The molecule has 200 valence electrons. The molecule has 4 heterocycles. The molecule has 2 aliphatic heterocycles. The lowest BCUT2D eigenvalue weighted by Crippen LogP contribution is -2.45. The molecule has 1 fully saturated rings. The number of aromatic nitrogens is 4. The van der Waals surface area contributed by atoms with Crippen LogP contribution in [0.3, 0.4) is 0 Å². The van der Waals surface area contributed by atoms with Gasteiger partial charge in [0.1, 0.15) is 18.8 Å². The second-order valence-corrected chi connectivity index (χ2v) is 10.4. The third-order valence-electron chi connectivity index (χ3n) is 7.90. The molecule has 1 amide bonds. The summed E-state index contributed by atoms with van der Waals surface area (Å²) in [5.74, 6) is 0.967. The molecule has 39 heavy (non-hydrogen) atoms. The van der Waals surface area contributed by atoms with Gasteiger partial charge in [-0.05, 0) is 78.8 Å². The van der Waals surface area contributed by atoms with E-state index in [-0.39, 0.29) is 18.6 Å². The van der Waals surface area contributed by atoms with Crippen LogP contribution in [0.15, 0.2) is 55.1 Å². The number of anilines is 1. The molecule has 0 spiro atoms. The van der Waals surface area contributed by atoms with Crippen molar-refractivity contribution in [2.24, 2.45) is 0 Å². The number of carbonyl (C=O) groups is 1. The Bertz CT molecular complexity index is 1490. The molecule has 1 saturated heterocycles. The van der Waals surface area contributed by atoms with E-state index in [1.165, 1.54) is 5.56 Å². The van der Waals surface area contributed by atoms with Crippen LogP contribution in [0.2, 0.25) is 0 Å². The maximum atomic E-state index is 13.3. The van der Waals surface area contributed by atoms with Crippen molar-refractivity contribution >= 4 is 22.6 Å². The maximum Gasteiger partial charge on any atom is 0.253 e. The molecule has 8 nitrogen and oxygen atoms in total. The molecule has 9 heteroatoms. The van der Waals surface area contributed by atoms with Gasteiger partial charge in [-0.25, -0.2) is 14.4 Å². The Morgan fingerprint density at radius 3 is 2.69 bits per heavy atom. The van der Waals surface area contributed by atoms with Gasteiger partial charge in [0.25, 0.3) is 5.91 Å². The van der Waals surface area contributed by atoms with E-state index in [4.69, 9.17) is 4.98 Å². The number of nitrogens with one attached hydrogen (secondary N) is 1. The summed E-state index contributed by atoms with van der Waals surface area (Å²) in [7, 11) is 0. The molecule has 2 aliphatic rings. The van der Waals surface area contributed by atoms with E-state index in [0.29, 0.717) is 26.2 Å². The zero-order valence-electron chi connectivity index (χ0n) is 22.1. The van der Waals surface area contributed by atoms with Crippen molar-refractivity contribution in [2.45, 2.75) is 38.8 Å². The molecule has 4 aromatic rings. The topological polar surface area (TPSA) is 87.1 Å². The Kier molecular flexibility index (Phi) is 7.15. The van der Waals surface area contributed by atoms with Crippen LogP contribution in [0, 0.1) is 6.92 Å². The standard InChI is InChI=1S/C30H32FN7O/c1-20-14-24(23-4-9-35-36-17-23)16-27-28(20)33-19-34-29(27)38-11-5-21-2-3-22(15-25(21)18-38)30(39)37-12-6-26(7-13-37)32-10-8-31/h2-4,9,14-17,19,26,32H,5-8,10-13,18H2,1H3. The van der Waals surface area contributed by atoms with Crippen LogP contribution in [-0.4, -0.2) is 69.9 Å². The van der Waals surface area contributed by atoms with Crippen molar-refractivity contribution in [1.82, 2.24) is 30.4 Å². The van der Waals surface area contributed by atoms with Crippen molar-refractivity contribution in [3.63, 3.8) is 0 Å². The summed E-state index contributed by atoms with van der Waals surface area (Å²) in [5, 5.41) is 12.2. The Morgan fingerprint density at radius 2 is 1.90 bits per heavy atom. The minimum Gasteiger partial charge on any atom is -0.351 e. The predicted molar refractivity (Wildman–Crippen MR) is 149 cm³/mol. The molecule has 0 unspecified atom stereocenters. The first-order chi connectivity index (χ1) is 19.1. The summed E-state index contributed by atoms with van der Waals surface area (Å²) in [6, 6.07) is 12.6. The van der Waals surface area contributed by atoms with E-state index >= 15 is 0 Å². The van der Waals surface area contributed by atoms with Crippen LogP contribution in [0.4, 0.5) is 10.2 Å². The first-order valence-corrected chi connectivity index (χ1v) is 13.6. The third-order valence-corrected chi connectivity index (χ3v) is 7.90. The van der Waals surface area contributed by atoms with Crippen LogP contribution >= 0.6 is 0 Å². The molecule has 0 saturated carbocycles. The van der Waals surface area contributed by atoms with E-state index in [2.05, 4.69) is 56.6 Å². The van der Waals surface area contributed by atoms with E-state index < -0.39 is 0 Å². The largest absolute Gasteiger partial charge is 0.351 e. The molecular formula is C30H32FN7O. The number of hydrogen-bond acceptors (Lipinski definition) is 7. The lowest BCUT2D eigenvalue weighted by Gasteiger charge is -2.33. The van der Waals surface area contributed by atoms with Crippen LogP contribution in [-0.2, 0) is 13.0 Å². The number of aryl methyl sites for hydroxylation is 1. The van der Waals surface area contributed by atoms with Gasteiger partial charge in [-0.3, -0.25) is 4.79 Å². The number of benzene rings is 2. The molecule has 1 N–H and O–H groups in total. The van der Waals surface area contributed by atoms with Crippen LogP contribution in [0.25, 0.3) is 22.0 Å². The fraction of sp³-hybridized carbons (Fsp3) is 0.367. The third kappa shape index (κ3) is 5.18. The van der Waals surface area contributed by atoms with E-state index in [1.807, 2.05) is 17.0 Å². The van der Waals surface area contributed by atoms with Gasteiger partial charge in [-0.1, -0.05) is 6.07 Å². The Labute approximate surface area is 227 Å². The summed E-state index contributed by atoms with van der Waals surface area (Å²) >= 11 is 0. The fourth-order valence-corrected chi connectivity index (χ4v) is 5.81. The minimum atomic E-state index is -0.362. The van der Waals surface area contributed by atoms with Gasteiger partial charge in [-0.2, -0.15) is 10.2 Å². The van der Waals surface area contributed by atoms with Crippen molar-refractivity contribution in [2.75, 3.05) is 37.8 Å². The number of rotatable bonds is 6. The number of fused-ring (bicyclic) bond motifs is 2. The molecule has 2 aromatic carbocycles. The number of amides is 1. The van der Waals surface area contributed by atoms with Gasteiger partial charge in [0.05, 0.1) is 17.9 Å². The molecular weight excluding hydrogens is 493 g/mol. The molecule has 0 aliphatic carbocycles. The van der Waals surface area contributed by atoms with Gasteiger partial charge in [0.15, 0.2) is 0 Å². The van der Waals surface area contributed by atoms with E-state index in [9.17, 15) is 9.18 Å². The summed E-state index contributed by atoms with van der Waals surface area (Å²) in [5.41, 5.74) is 7.22. The Balaban J connectivity index is 1.24. The van der Waals surface area contributed by atoms with Gasteiger partial charge in [0.2, 0.25) is 0 Å².